The van der Waals surface area contributed by atoms with E-state index in [2.05, 4.69) is 5.32 Å². The smallest absolute Gasteiger partial charge is 0.315 e. The quantitative estimate of drug-likeness (QED) is 0.239. The number of benzene rings is 2. The fourth-order valence-corrected chi connectivity index (χ4v) is 3.83. The van der Waals surface area contributed by atoms with E-state index in [9.17, 15) is 24.0 Å². The van der Waals surface area contributed by atoms with Crippen molar-refractivity contribution < 1.29 is 56.8 Å². The third-order valence-corrected chi connectivity index (χ3v) is 5.57. The van der Waals surface area contributed by atoms with Crippen molar-refractivity contribution in [3.63, 3.8) is 0 Å². The van der Waals surface area contributed by atoms with Gasteiger partial charge in [0.05, 0.1) is 0 Å². The van der Waals surface area contributed by atoms with Crippen LogP contribution in [-0.2, 0) is 54.3 Å². The number of halogens is 1. The Morgan fingerprint density at radius 3 is 2.07 bits per heavy atom. The van der Waals surface area contributed by atoms with E-state index in [1.54, 1.807) is 24.3 Å². The largest absolute Gasteiger partial charge is 0.463 e. The van der Waals surface area contributed by atoms with Gasteiger partial charge in [-0.1, -0.05) is 30.3 Å². The van der Waals surface area contributed by atoms with Gasteiger partial charge < -0.3 is 33.7 Å². The molecule has 3 rings (SSSR count). The minimum absolute atomic E-state index is 0.0411. The van der Waals surface area contributed by atoms with Gasteiger partial charge in [0.2, 0.25) is 18.4 Å². The molecule has 2 aromatic rings. The van der Waals surface area contributed by atoms with E-state index in [-0.39, 0.29) is 12.4 Å². The Morgan fingerprint density at radius 2 is 1.46 bits per heavy atom. The summed E-state index contributed by atoms with van der Waals surface area (Å²) in [5.41, 5.74) is 1.10. The van der Waals surface area contributed by atoms with Crippen LogP contribution >= 0.6 is 0 Å². The molecule has 0 saturated carbocycles. The second kappa shape index (κ2) is 14.7. The molecule has 1 N–H and O–H groups in total. The van der Waals surface area contributed by atoms with Crippen LogP contribution in [0.4, 0.5) is 10.1 Å². The van der Waals surface area contributed by atoms with Gasteiger partial charge in [0.1, 0.15) is 31.5 Å². The summed E-state index contributed by atoms with van der Waals surface area (Å²) < 4.78 is 46.9. The molecule has 12 nitrogen and oxygen atoms in total. The van der Waals surface area contributed by atoms with Crippen molar-refractivity contribution in [1.29, 1.82) is 0 Å². The predicted molar refractivity (Wildman–Crippen MR) is 138 cm³/mol. The van der Waals surface area contributed by atoms with Crippen LogP contribution in [0.1, 0.15) is 32.8 Å². The van der Waals surface area contributed by atoms with Crippen LogP contribution in [0.25, 0.3) is 0 Å². The van der Waals surface area contributed by atoms with Crippen molar-refractivity contribution in [3.8, 4) is 5.75 Å². The molecule has 0 aliphatic carbocycles. The van der Waals surface area contributed by atoms with Crippen molar-refractivity contribution in [2.24, 2.45) is 0 Å². The third-order valence-electron chi connectivity index (χ3n) is 5.57. The molecular weight excluding hydrogens is 545 g/mol. The normalized spacial score (nSPS) is 21.6. The van der Waals surface area contributed by atoms with Crippen LogP contribution < -0.4 is 10.1 Å². The number of carbonyl (C=O) groups excluding carboxylic acids is 5. The topological polar surface area (TPSA) is 153 Å². The highest BCUT2D eigenvalue weighted by atomic mass is 19.1. The first-order valence-electron chi connectivity index (χ1n) is 12.5. The van der Waals surface area contributed by atoms with Gasteiger partial charge in [0.25, 0.3) is 0 Å². The number of nitrogens with one attached hydrogen (secondary N) is 1. The van der Waals surface area contributed by atoms with Gasteiger partial charge in [0.15, 0.2) is 12.2 Å². The molecule has 220 valence electrons. The summed E-state index contributed by atoms with van der Waals surface area (Å²) in [4.78, 5) is 58.8. The molecule has 0 radical (unpaired) electrons. The van der Waals surface area contributed by atoms with Gasteiger partial charge in [-0.25, -0.2) is 4.39 Å². The highest BCUT2D eigenvalue weighted by molar-refractivity contribution is 6.01. The summed E-state index contributed by atoms with van der Waals surface area (Å²) in [7, 11) is 0. The summed E-state index contributed by atoms with van der Waals surface area (Å²) in [5, 5.41) is 2.54. The van der Waals surface area contributed by atoms with Gasteiger partial charge in [-0.3, -0.25) is 24.0 Å². The van der Waals surface area contributed by atoms with Gasteiger partial charge in [-0.05, 0) is 29.8 Å². The second-order valence-corrected chi connectivity index (χ2v) is 8.95. The summed E-state index contributed by atoms with van der Waals surface area (Å²) in [6, 6.07) is 14.7. The highest BCUT2D eigenvalue weighted by Crippen LogP contribution is 2.31. The molecule has 13 heteroatoms. The Bertz CT molecular complexity index is 1220. The van der Waals surface area contributed by atoms with E-state index in [4.69, 9.17) is 28.4 Å². The summed E-state index contributed by atoms with van der Waals surface area (Å²) >= 11 is 0. The molecule has 2 aromatic carbocycles. The Balaban J connectivity index is 1.61. The van der Waals surface area contributed by atoms with E-state index >= 15 is 4.39 Å². The maximum absolute atomic E-state index is 15.4. The Hall–Kier alpha value is -4.52. The molecule has 5 atom stereocenters. The first-order valence-corrected chi connectivity index (χ1v) is 12.5. The average Bonchev–Trinajstić information content (AvgIpc) is 2.91. The molecule has 1 amide bonds. The van der Waals surface area contributed by atoms with Crippen LogP contribution in [-0.4, -0.2) is 67.2 Å². The molecule has 0 bridgehead atoms. The average molecular weight is 576 g/mol. The third kappa shape index (κ3) is 9.87. The van der Waals surface area contributed by atoms with Crippen LogP contribution in [0.2, 0.25) is 0 Å². The number of ether oxygens (including phenoxy) is 6. The number of rotatable bonds is 11. The lowest BCUT2D eigenvalue weighted by Gasteiger charge is -2.41. The van der Waals surface area contributed by atoms with Gasteiger partial charge >= 0.3 is 23.9 Å². The number of anilines is 1. The zero-order valence-electron chi connectivity index (χ0n) is 22.6. The van der Waals surface area contributed by atoms with Gasteiger partial charge in [-0.15, -0.1) is 0 Å². The van der Waals surface area contributed by atoms with E-state index < -0.39 is 73.6 Å². The summed E-state index contributed by atoms with van der Waals surface area (Å²) in [6.45, 7) is 2.89. The fraction of sp³-hybridized carbons (Fsp3) is 0.393. The van der Waals surface area contributed by atoms with Crippen LogP contribution in [0.15, 0.2) is 54.6 Å². The maximum Gasteiger partial charge on any atom is 0.315 e. The number of esters is 4. The minimum Gasteiger partial charge on any atom is -0.463 e. The van der Waals surface area contributed by atoms with Gasteiger partial charge in [-0.2, -0.15) is 0 Å². The van der Waals surface area contributed by atoms with Crippen molar-refractivity contribution >= 4 is 35.5 Å². The predicted octanol–water partition coefficient (Wildman–Crippen LogP) is 2.63. The molecule has 1 aliphatic heterocycles. The van der Waals surface area contributed by atoms with E-state index in [0.717, 1.165) is 26.3 Å². The minimum atomic E-state index is -2.10. The molecule has 1 saturated heterocycles. The second-order valence-electron chi connectivity index (χ2n) is 8.95. The zero-order chi connectivity index (χ0) is 29.9. The van der Waals surface area contributed by atoms with Crippen LogP contribution in [0.5, 0.6) is 5.75 Å². The Morgan fingerprint density at radius 1 is 0.829 bits per heavy atom. The van der Waals surface area contributed by atoms with Crippen molar-refractivity contribution in [2.45, 2.75) is 64.6 Å². The molecule has 0 aromatic heterocycles. The first-order chi connectivity index (χ1) is 19.5. The zero-order valence-corrected chi connectivity index (χ0v) is 22.6. The van der Waals surface area contributed by atoms with Crippen molar-refractivity contribution in [3.05, 3.63) is 60.2 Å². The summed E-state index contributed by atoms with van der Waals surface area (Å²) in [6.07, 6.45) is -8.50. The Kier molecular flexibility index (Phi) is 11.2. The van der Waals surface area contributed by atoms with Crippen LogP contribution in [0.3, 0.4) is 0 Å². The fourth-order valence-electron chi connectivity index (χ4n) is 3.83. The number of amides is 1. The lowest BCUT2D eigenvalue weighted by molar-refractivity contribution is -0.271. The summed E-state index contributed by atoms with van der Waals surface area (Å²) in [5.74, 6) is -3.50. The number of hydrogen-bond acceptors (Lipinski definition) is 11. The lowest BCUT2D eigenvalue weighted by Crippen LogP contribution is -2.61. The first kappa shape index (κ1) is 31.0. The SMILES string of the molecule is CC(=O)OC[C@H]1O[C@@H](Oc2ccc(NC(=O)CC(=O)OCc3ccccc3)cc2)[C@H](F)[C@@H](OC(C)=O)[C@@H]1OC(C)=O. The maximum atomic E-state index is 15.4. The van der Waals surface area contributed by atoms with Crippen LogP contribution in [0, 0.1) is 0 Å². The highest BCUT2D eigenvalue weighted by Gasteiger charge is 2.52. The molecule has 1 fully saturated rings. The standard InChI is InChI=1S/C28H30FNO11/c1-16(31)36-15-22-26(38-17(2)32)27(39-18(3)33)25(29)28(41-22)40-21-11-9-20(10-12-21)30-23(34)13-24(35)37-14-19-7-5-4-6-8-19/h4-12,22,25-28H,13-15H2,1-3H3,(H,30,34)/t22-,25-,26-,27-,28-/m1/s1. The van der Waals surface area contributed by atoms with Gasteiger partial charge in [0, 0.05) is 26.5 Å². The monoisotopic (exact) mass is 575 g/mol. The molecule has 0 unspecified atom stereocenters. The van der Waals surface area contributed by atoms with E-state index in [0.29, 0.717) is 5.69 Å². The number of hydrogen-bond donors (Lipinski definition) is 1. The van der Waals surface area contributed by atoms with Crippen molar-refractivity contribution in [2.75, 3.05) is 11.9 Å². The molecule has 41 heavy (non-hydrogen) atoms. The molecular formula is C28H30FNO11. The molecule has 0 spiro atoms. The van der Waals surface area contributed by atoms with Crippen molar-refractivity contribution in [1.82, 2.24) is 0 Å². The number of alkyl halides is 1. The molecule has 1 aliphatic rings. The van der Waals surface area contributed by atoms with E-state index in [1.807, 2.05) is 6.07 Å². The number of carbonyl (C=O) groups is 5. The van der Waals surface area contributed by atoms with E-state index in [1.165, 1.54) is 24.3 Å². The molecule has 1 heterocycles. The lowest BCUT2D eigenvalue weighted by atomic mass is 9.99. The Labute approximate surface area is 235 Å².